The van der Waals surface area contributed by atoms with E-state index in [0.29, 0.717) is 17.0 Å². The first-order valence-electron chi connectivity index (χ1n) is 9.20. The monoisotopic (exact) mass is 421 g/mol. The van der Waals surface area contributed by atoms with Gasteiger partial charge in [-0.15, -0.1) is 11.8 Å². The number of ether oxygens (including phenoxy) is 3. The molecule has 8 heteroatoms. The molecule has 0 bridgehead atoms. The van der Waals surface area contributed by atoms with E-state index >= 15 is 0 Å². The van der Waals surface area contributed by atoms with Crippen LogP contribution in [0.3, 0.4) is 0 Å². The quantitative estimate of drug-likeness (QED) is 0.478. The third-order valence-electron chi connectivity index (χ3n) is 4.20. The number of amides is 1. The summed E-state index contributed by atoms with van der Waals surface area (Å²) in [6.07, 6.45) is 0.203. The van der Waals surface area contributed by atoms with Crippen LogP contribution in [-0.2, 0) is 9.47 Å². The molecule has 0 unspecified atom stereocenters. The van der Waals surface area contributed by atoms with E-state index in [1.54, 1.807) is 48.2 Å². The lowest BCUT2D eigenvalue weighted by molar-refractivity contribution is -0.0316. The van der Waals surface area contributed by atoms with Crippen LogP contribution >= 0.6 is 11.8 Å². The van der Waals surface area contributed by atoms with Crippen molar-refractivity contribution in [3.05, 3.63) is 54.1 Å². The van der Waals surface area contributed by atoms with Crippen LogP contribution in [0.25, 0.3) is 0 Å². The third kappa shape index (κ3) is 6.93. The summed E-state index contributed by atoms with van der Waals surface area (Å²) in [5.74, 6) is 0.476. The van der Waals surface area contributed by atoms with Crippen LogP contribution in [0.1, 0.15) is 18.1 Å². The van der Waals surface area contributed by atoms with Gasteiger partial charge in [0.05, 0.1) is 6.61 Å². The molecule has 158 valence electrons. The van der Waals surface area contributed by atoms with Gasteiger partial charge in [0, 0.05) is 36.3 Å². The molecule has 2 aromatic carbocycles. The molecule has 0 spiro atoms. The lowest BCUT2D eigenvalue weighted by Crippen LogP contribution is -2.29. The summed E-state index contributed by atoms with van der Waals surface area (Å²) in [5, 5.41) is 21.2. The number of para-hydroxylation sites is 1. The Balaban J connectivity index is 2.22. The van der Waals surface area contributed by atoms with Gasteiger partial charge in [-0.3, -0.25) is 5.32 Å². The van der Waals surface area contributed by atoms with Crippen molar-refractivity contribution >= 4 is 23.5 Å². The van der Waals surface area contributed by atoms with Crippen molar-refractivity contribution in [1.29, 1.82) is 0 Å². The van der Waals surface area contributed by atoms with Gasteiger partial charge >= 0.3 is 6.09 Å². The molecular weight excluding hydrogens is 394 g/mol. The Morgan fingerprint density at radius 2 is 1.83 bits per heavy atom. The minimum atomic E-state index is -0.812. The largest absolute Gasteiger partial charge is 0.491 e. The normalized spacial score (nSPS) is 12.8. The van der Waals surface area contributed by atoms with Gasteiger partial charge in [0.2, 0.25) is 0 Å². The van der Waals surface area contributed by atoms with Crippen LogP contribution in [0.4, 0.5) is 10.5 Å². The van der Waals surface area contributed by atoms with Crippen molar-refractivity contribution < 1.29 is 29.2 Å². The Morgan fingerprint density at radius 1 is 1.10 bits per heavy atom. The third-order valence-corrected chi connectivity index (χ3v) is 4.94. The summed E-state index contributed by atoms with van der Waals surface area (Å²) in [4.78, 5) is 13.6. The lowest BCUT2D eigenvalue weighted by Gasteiger charge is -2.27. The maximum Gasteiger partial charge on any atom is 0.412 e. The van der Waals surface area contributed by atoms with Crippen molar-refractivity contribution in [2.75, 3.05) is 38.5 Å². The number of thioether (sulfide) groups is 1. The zero-order valence-corrected chi connectivity index (χ0v) is 17.4. The average Bonchev–Trinajstić information content (AvgIpc) is 2.75. The Hall–Kier alpha value is -2.26. The second kappa shape index (κ2) is 12.3. The fraction of sp³-hybridized carbons (Fsp3) is 0.381. The minimum absolute atomic E-state index is 0.107. The Morgan fingerprint density at radius 3 is 2.45 bits per heavy atom. The van der Waals surface area contributed by atoms with Crippen LogP contribution < -0.4 is 10.1 Å². The number of hydrogen-bond acceptors (Lipinski definition) is 7. The summed E-state index contributed by atoms with van der Waals surface area (Å²) in [5.41, 5.74) is 1.20. The van der Waals surface area contributed by atoms with Crippen LogP contribution in [0, 0.1) is 0 Å². The van der Waals surface area contributed by atoms with Gasteiger partial charge in [-0.05, 0) is 36.6 Å². The molecule has 0 radical (unpaired) electrons. The number of rotatable bonds is 11. The summed E-state index contributed by atoms with van der Waals surface area (Å²) in [6, 6.07) is 14.5. The first-order valence-corrected chi connectivity index (χ1v) is 10.4. The van der Waals surface area contributed by atoms with E-state index in [1.165, 1.54) is 7.11 Å². The van der Waals surface area contributed by atoms with Gasteiger partial charge in [-0.1, -0.05) is 18.2 Å². The van der Waals surface area contributed by atoms with Crippen molar-refractivity contribution in [3.8, 4) is 5.75 Å². The highest BCUT2D eigenvalue weighted by Gasteiger charge is 2.29. The van der Waals surface area contributed by atoms with E-state index in [2.05, 4.69) is 5.32 Å². The van der Waals surface area contributed by atoms with Crippen LogP contribution in [0.5, 0.6) is 5.75 Å². The predicted octanol–water partition coefficient (Wildman–Crippen LogP) is 3.47. The van der Waals surface area contributed by atoms with E-state index < -0.39 is 18.3 Å². The van der Waals surface area contributed by atoms with Gasteiger partial charge < -0.3 is 24.4 Å². The highest BCUT2D eigenvalue weighted by Crippen LogP contribution is 2.33. The Kier molecular flexibility index (Phi) is 9.79. The highest BCUT2D eigenvalue weighted by molar-refractivity contribution is 7.98. The van der Waals surface area contributed by atoms with Gasteiger partial charge in [-0.2, -0.15) is 0 Å². The molecule has 2 aromatic rings. The number of aliphatic hydroxyl groups excluding tert-OH is 2. The fourth-order valence-electron chi connectivity index (χ4n) is 2.80. The van der Waals surface area contributed by atoms with Crippen molar-refractivity contribution in [2.45, 2.75) is 23.5 Å². The molecule has 0 aliphatic heterocycles. The number of aliphatic hydroxyl groups is 2. The topological polar surface area (TPSA) is 97.2 Å². The maximum atomic E-state index is 12.6. The van der Waals surface area contributed by atoms with Crippen molar-refractivity contribution in [3.63, 3.8) is 0 Å². The number of methoxy groups -OCH3 is 1. The molecule has 0 heterocycles. The first-order chi connectivity index (χ1) is 14.1. The first kappa shape index (κ1) is 23.0. The summed E-state index contributed by atoms with van der Waals surface area (Å²) in [6.45, 7) is -0.165. The molecule has 29 heavy (non-hydrogen) atoms. The minimum Gasteiger partial charge on any atom is -0.491 e. The fourth-order valence-corrected chi connectivity index (χ4v) is 3.21. The molecule has 0 aromatic heterocycles. The summed E-state index contributed by atoms with van der Waals surface area (Å²) in [7, 11) is 1.49. The summed E-state index contributed by atoms with van der Waals surface area (Å²) < 4.78 is 16.7. The van der Waals surface area contributed by atoms with Gasteiger partial charge in [-0.25, -0.2) is 4.79 Å². The number of carbonyl (C=O) groups excluding carboxylic acids is 1. The van der Waals surface area contributed by atoms with Gasteiger partial charge in [0.25, 0.3) is 0 Å². The molecule has 0 aliphatic carbocycles. The SMILES string of the molecule is CO[C@@H](CCO)[C@@H](OC(=O)Nc1ccc(SC)cc1)c1ccccc1OCCO. The highest BCUT2D eigenvalue weighted by atomic mass is 32.2. The zero-order valence-electron chi connectivity index (χ0n) is 16.5. The van der Waals surface area contributed by atoms with Gasteiger partial charge in [0.15, 0.2) is 6.10 Å². The van der Waals surface area contributed by atoms with E-state index in [0.717, 1.165) is 4.90 Å². The smallest absolute Gasteiger partial charge is 0.412 e. The zero-order chi connectivity index (χ0) is 21.1. The van der Waals surface area contributed by atoms with Gasteiger partial charge in [0.1, 0.15) is 18.5 Å². The number of benzene rings is 2. The number of carbonyl (C=O) groups is 1. The molecular formula is C21H27NO6S. The molecule has 1 amide bonds. The molecule has 0 fully saturated rings. The van der Waals surface area contributed by atoms with E-state index in [9.17, 15) is 9.90 Å². The van der Waals surface area contributed by atoms with Crippen molar-refractivity contribution in [1.82, 2.24) is 0 Å². The number of anilines is 1. The Labute approximate surface area is 175 Å². The molecule has 2 atom stereocenters. The van der Waals surface area contributed by atoms with Crippen LogP contribution in [-0.4, -0.2) is 55.6 Å². The Bertz CT molecular complexity index is 755. The molecule has 2 rings (SSSR count). The van der Waals surface area contributed by atoms with E-state index in [1.807, 2.05) is 18.4 Å². The van der Waals surface area contributed by atoms with Crippen molar-refractivity contribution in [2.24, 2.45) is 0 Å². The predicted molar refractivity (Wildman–Crippen MR) is 113 cm³/mol. The molecule has 0 aliphatic rings. The maximum absolute atomic E-state index is 12.6. The molecule has 0 saturated heterocycles. The number of hydrogen-bond donors (Lipinski definition) is 3. The standard InChI is InChI=1S/C21H27NO6S/c1-26-19(11-12-23)20(17-5-3-4-6-18(17)27-14-13-24)28-21(25)22-15-7-9-16(29-2)10-8-15/h3-10,19-20,23-24H,11-14H2,1-2H3,(H,22,25)/t19-,20-/m0/s1. The van der Waals surface area contributed by atoms with E-state index in [4.69, 9.17) is 19.3 Å². The number of nitrogens with one attached hydrogen (secondary N) is 1. The van der Waals surface area contributed by atoms with Crippen LogP contribution in [0.15, 0.2) is 53.4 Å². The van der Waals surface area contributed by atoms with E-state index in [-0.39, 0.29) is 26.2 Å². The molecule has 0 saturated carbocycles. The molecule has 7 nitrogen and oxygen atoms in total. The summed E-state index contributed by atoms with van der Waals surface area (Å²) >= 11 is 1.61. The average molecular weight is 422 g/mol. The second-order valence-electron chi connectivity index (χ2n) is 6.08. The van der Waals surface area contributed by atoms with Crippen LogP contribution in [0.2, 0.25) is 0 Å². The lowest BCUT2D eigenvalue weighted by atomic mass is 10.0. The molecule has 3 N–H and O–H groups in total. The second-order valence-corrected chi connectivity index (χ2v) is 6.96.